The van der Waals surface area contributed by atoms with Gasteiger partial charge in [-0.2, -0.15) is 0 Å². The van der Waals surface area contributed by atoms with Gasteiger partial charge in [-0.15, -0.1) is 0 Å². The second-order valence-electron chi connectivity index (χ2n) is 4.85. The Kier molecular flexibility index (Phi) is 3.76. The minimum Gasteiger partial charge on any atom is -0.478 e. The highest BCUT2D eigenvalue weighted by Crippen LogP contribution is 2.29. The predicted octanol–water partition coefficient (Wildman–Crippen LogP) is 4.27. The van der Waals surface area contributed by atoms with Gasteiger partial charge >= 0.3 is 5.97 Å². The molecule has 1 N–H and O–H groups in total. The maximum Gasteiger partial charge on any atom is 0.339 e. The molecular weight excluding hydrogens is 262 g/mol. The van der Waals surface area contributed by atoms with Crippen LogP contribution in [0.25, 0.3) is 10.9 Å². The van der Waals surface area contributed by atoms with Crippen molar-refractivity contribution in [3.63, 3.8) is 0 Å². The molecule has 0 saturated heterocycles. The quantitative estimate of drug-likeness (QED) is 0.852. The lowest BCUT2D eigenvalue weighted by molar-refractivity contribution is 0.0695. The SMILES string of the molecule is CCc1c(C(=O)O)c(Cl)nc2ccc(C(C)C)cc12. The number of aromatic carboxylic acids is 1. The van der Waals surface area contributed by atoms with Gasteiger partial charge in [0, 0.05) is 5.39 Å². The zero-order chi connectivity index (χ0) is 14.2. The summed E-state index contributed by atoms with van der Waals surface area (Å²) >= 11 is 5.99. The van der Waals surface area contributed by atoms with Gasteiger partial charge in [-0.3, -0.25) is 0 Å². The summed E-state index contributed by atoms with van der Waals surface area (Å²) in [5.74, 6) is -0.635. The summed E-state index contributed by atoms with van der Waals surface area (Å²) in [5, 5.41) is 10.2. The van der Waals surface area contributed by atoms with Gasteiger partial charge in [0.15, 0.2) is 0 Å². The van der Waals surface area contributed by atoms with Crippen molar-refractivity contribution in [1.82, 2.24) is 4.98 Å². The normalized spacial score (nSPS) is 11.2. The van der Waals surface area contributed by atoms with Gasteiger partial charge in [0.2, 0.25) is 0 Å². The third-order valence-corrected chi connectivity index (χ3v) is 3.58. The Morgan fingerprint density at radius 1 is 1.42 bits per heavy atom. The molecule has 4 heteroatoms. The number of carboxylic acids is 1. The number of carbonyl (C=O) groups is 1. The van der Waals surface area contributed by atoms with Crippen LogP contribution in [-0.2, 0) is 6.42 Å². The molecular formula is C15H16ClNO2. The van der Waals surface area contributed by atoms with E-state index in [2.05, 4.69) is 18.8 Å². The van der Waals surface area contributed by atoms with Gasteiger partial charge in [0.05, 0.1) is 5.52 Å². The number of rotatable bonds is 3. The van der Waals surface area contributed by atoms with Crippen molar-refractivity contribution >= 4 is 28.5 Å². The molecule has 19 heavy (non-hydrogen) atoms. The maximum absolute atomic E-state index is 11.3. The molecule has 2 aromatic rings. The van der Waals surface area contributed by atoms with E-state index in [1.165, 1.54) is 5.56 Å². The summed E-state index contributed by atoms with van der Waals surface area (Å²) in [7, 11) is 0. The fraction of sp³-hybridized carbons (Fsp3) is 0.333. The topological polar surface area (TPSA) is 50.2 Å². The third kappa shape index (κ3) is 2.43. The van der Waals surface area contributed by atoms with Crippen molar-refractivity contribution in [2.24, 2.45) is 0 Å². The Labute approximate surface area is 117 Å². The number of aromatic nitrogens is 1. The van der Waals surface area contributed by atoms with Crippen LogP contribution in [0, 0.1) is 0 Å². The van der Waals surface area contributed by atoms with Gasteiger partial charge in [-0.05, 0) is 35.6 Å². The second-order valence-corrected chi connectivity index (χ2v) is 5.20. The van der Waals surface area contributed by atoms with E-state index in [1.807, 2.05) is 25.1 Å². The van der Waals surface area contributed by atoms with E-state index in [-0.39, 0.29) is 10.7 Å². The largest absolute Gasteiger partial charge is 0.478 e. The molecule has 1 aromatic carbocycles. The van der Waals surface area contributed by atoms with E-state index in [4.69, 9.17) is 11.6 Å². The standard InChI is InChI=1S/C15H16ClNO2/c1-4-10-11-7-9(8(2)3)5-6-12(11)17-14(16)13(10)15(18)19/h5-8H,4H2,1-3H3,(H,18,19). The van der Waals surface area contributed by atoms with Gasteiger partial charge in [-0.1, -0.05) is 38.4 Å². The molecule has 1 aromatic heterocycles. The van der Waals surface area contributed by atoms with Crippen LogP contribution in [0.4, 0.5) is 0 Å². The van der Waals surface area contributed by atoms with Crippen molar-refractivity contribution in [2.75, 3.05) is 0 Å². The Morgan fingerprint density at radius 3 is 2.63 bits per heavy atom. The smallest absolute Gasteiger partial charge is 0.339 e. The van der Waals surface area contributed by atoms with Crippen LogP contribution in [0.5, 0.6) is 0 Å². The molecule has 100 valence electrons. The van der Waals surface area contributed by atoms with Crippen molar-refractivity contribution in [3.8, 4) is 0 Å². The highest BCUT2D eigenvalue weighted by atomic mass is 35.5. The van der Waals surface area contributed by atoms with Gasteiger partial charge in [0.1, 0.15) is 10.7 Å². The van der Waals surface area contributed by atoms with Crippen molar-refractivity contribution in [3.05, 3.63) is 40.0 Å². The van der Waals surface area contributed by atoms with Crippen LogP contribution in [-0.4, -0.2) is 16.1 Å². The first-order chi connectivity index (χ1) is 8.95. The third-order valence-electron chi connectivity index (χ3n) is 3.31. The number of fused-ring (bicyclic) bond motifs is 1. The Bertz CT molecular complexity index is 650. The van der Waals surface area contributed by atoms with E-state index < -0.39 is 5.97 Å². The van der Waals surface area contributed by atoms with Crippen LogP contribution < -0.4 is 0 Å². The number of nitrogens with zero attached hydrogens (tertiary/aromatic N) is 1. The predicted molar refractivity (Wildman–Crippen MR) is 77.2 cm³/mol. The first kappa shape index (κ1) is 13.8. The first-order valence-corrected chi connectivity index (χ1v) is 6.68. The Balaban J connectivity index is 2.85. The summed E-state index contributed by atoms with van der Waals surface area (Å²) in [4.78, 5) is 15.5. The molecule has 0 aliphatic heterocycles. The zero-order valence-corrected chi connectivity index (χ0v) is 12.0. The van der Waals surface area contributed by atoms with E-state index in [0.29, 0.717) is 12.3 Å². The fourth-order valence-corrected chi connectivity index (χ4v) is 2.54. The monoisotopic (exact) mass is 277 g/mol. The number of carboxylic acid groups (broad SMARTS) is 1. The molecule has 3 nitrogen and oxygen atoms in total. The minimum atomic E-state index is -1.02. The number of halogens is 1. The molecule has 2 rings (SSSR count). The molecule has 0 atom stereocenters. The minimum absolute atomic E-state index is 0.0640. The first-order valence-electron chi connectivity index (χ1n) is 6.31. The van der Waals surface area contributed by atoms with Gasteiger partial charge in [0.25, 0.3) is 0 Å². The lowest BCUT2D eigenvalue weighted by Gasteiger charge is -2.12. The van der Waals surface area contributed by atoms with Gasteiger partial charge in [-0.25, -0.2) is 9.78 Å². The summed E-state index contributed by atoms with van der Waals surface area (Å²) in [5.41, 5.74) is 2.79. The van der Waals surface area contributed by atoms with E-state index in [9.17, 15) is 9.90 Å². The van der Waals surface area contributed by atoms with Crippen molar-refractivity contribution in [1.29, 1.82) is 0 Å². The Morgan fingerprint density at radius 2 is 2.11 bits per heavy atom. The summed E-state index contributed by atoms with van der Waals surface area (Å²) < 4.78 is 0. The average molecular weight is 278 g/mol. The summed E-state index contributed by atoms with van der Waals surface area (Å²) in [6.07, 6.45) is 0.613. The Hall–Kier alpha value is -1.61. The number of hydrogen-bond donors (Lipinski definition) is 1. The molecule has 0 radical (unpaired) electrons. The molecule has 0 aliphatic rings. The lowest BCUT2D eigenvalue weighted by atomic mass is 9.96. The summed E-state index contributed by atoms with van der Waals surface area (Å²) in [6, 6.07) is 5.94. The highest BCUT2D eigenvalue weighted by Gasteiger charge is 2.18. The van der Waals surface area contributed by atoms with Crippen LogP contribution >= 0.6 is 11.6 Å². The molecule has 0 bridgehead atoms. The van der Waals surface area contributed by atoms with Crippen LogP contribution in [0.1, 0.15) is 48.2 Å². The maximum atomic E-state index is 11.3. The van der Waals surface area contributed by atoms with E-state index >= 15 is 0 Å². The second kappa shape index (κ2) is 5.17. The van der Waals surface area contributed by atoms with Gasteiger partial charge < -0.3 is 5.11 Å². The lowest BCUT2D eigenvalue weighted by Crippen LogP contribution is -2.06. The molecule has 0 aliphatic carbocycles. The number of hydrogen-bond acceptors (Lipinski definition) is 2. The molecule has 0 saturated carbocycles. The number of aryl methyl sites for hydroxylation is 1. The van der Waals surface area contributed by atoms with Crippen LogP contribution in [0.2, 0.25) is 5.15 Å². The molecule has 0 spiro atoms. The highest BCUT2D eigenvalue weighted by molar-refractivity contribution is 6.33. The molecule has 0 fully saturated rings. The average Bonchev–Trinajstić information content (AvgIpc) is 2.35. The number of benzene rings is 1. The van der Waals surface area contributed by atoms with Crippen LogP contribution in [0.3, 0.4) is 0 Å². The van der Waals surface area contributed by atoms with E-state index in [1.54, 1.807) is 0 Å². The number of pyridine rings is 1. The van der Waals surface area contributed by atoms with Crippen molar-refractivity contribution in [2.45, 2.75) is 33.1 Å². The van der Waals surface area contributed by atoms with Crippen molar-refractivity contribution < 1.29 is 9.90 Å². The molecule has 1 heterocycles. The van der Waals surface area contributed by atoms with Crippen LogP contribution in [0.15, 0.2) is 18.2 Å². The molecule has 0 amide bonds. The summed E-state index contributed by atoms with van der Waals surface area (Å²) in [6.45, 7) is 6.14. The van der Waals surface area contributed by atoms with E-state index in [0.717, 1.165) is 16.5 Å². The zero-order valence-electron chi connectivity index (χ0n) is 11.2. The fourth-order valence-electron chi connectivity index (χ4n) is 2.26. The molecule has 0 unspecified atom stereocenters.